The van der Waals surface area contributed by atoms with Crippen LogP contribution in [0, 0.1) is 0 Å². The monoisotopic (exact) mass is 521 g/mol. The highest BCUT2D eigenvalue weighted by molar-refractivity contribution is 5.34. The highest BCUT2D eigenvalue weighted by Crippen LogP contribution is 2.62. The van der Waals surface area contributed by atoms with Crippen molar-refractivity contribution in [3.63, 3.8) is 0 Å². The second-order valence-corrected chi connectivity index (χ2v) is 10.7. The number of nitrogens with one attached hydrogen (secondary N) is 1. The van der Waals surface area contributed by atoms with Gasteiger partial charge in [-0.1, -0.05) is 0 Å². The molecule has 3 heterocycles. The molecule has 2 saturated carbocycles. The summed E-state index contributed by atoms with van der Waals surface area (Å²) >= 11 is 0. The van der Waals surface area contributed by atoms with E-state index in [9.17, 15) is 25.5 Å². The van der Waals surface area contributed by atoms with Crippen LogP contribution in [-0.4, -0.2) is 136 Å². The average molecular weight is 522 g/mol. The quantitative estimate of drug-likeness (QED) is 0.156. The van der Waals surface area contributed by atoms with E-state index >= 15 is 0 Å². The normalized spacial score (nSPS) is 58.8. The van der Waals surface area contributed by atoms with E-state index in [-0.39, 0.29) is 25.9 Å². The van der Waals surface area contributed by atoms with Crippen LogP contribution in [-0.2, 0) is 23.7 Å². The molecular formula is C21H39N5O10. The molecule has 3 aliphatic heterocycles. The lowest BCUT2D eigenvalue weighted by atomic mass is 9.51. The first-order valence-corrected chi connectivity index (χ1v) is 12.3. The Balaban J connectivity index is 1.26. The Kier molecular flexibility index (Phi) is 7.16. The van der Waals surface area contributed by atoms with E-state index in [2.05, 4.69) is 5.32 Å². The topological polar surface area (TPSA) is 263 Å². The summed E-state index contributed by atoms with van der Waals surface area (Å²) in [6, 6.07) is -2.71. The first-order valence-electron chi connectivity index (χ1n) is 12.3. The van der Waals surface area contributed by atoms with Gasteiger partial charge in [-0.05, 0) is 19.9 Å². The molecule has 15 nitrogen and oxygen atoms in total. The van der Waals surface area contributed by atoms with E-state index in [1.165, 1.54) is 0 Å². The molecule has 0 amide bonds. The molecule has 0 aromatic heterocycles. The second kappa shape index (κ2) is 9.55. The highest BCUT2D eigenvalue weighted by atomic mass is 16.8. The number of ether oxygens (including phenoxy) is 5. The molecule has 0 aromatic rings. The van der Waals surface area contributed by atoms with Crippen molar-refractivity contribution in [1.82, 2.24) is 5.32 Å². The van der Waals surface area contributed by atoms with Crippen molar-refractivity contribution in [2.45, 2.75) is 116 Å². The number of nitrogens with two attached hydrogens (primary N) is 4. The molecule has 5 aliphatic rings. The molecule has 0 aromatic carbocycles. The molecule has 16 atom stereocenters. The van der Waals surface area contributed by atoms with Gasteiger partial charge < -0.3 is 77.5 Å². The number of rotatable bonds is 6. The Morgan fingerprint density at radius 2 is 1.67 bits per heavy atom. The Hall–Kier alpha value is -0.600. The summed E-state index contributed by atoms with van der Waals surface area (Å²) in [4.78, 5) is 0. The first kappa shape index (κ1) is 27.0. The molecule has 15 heteroatoms. The molecule has 0 bridgehead atoms. The molecule has 0 radical (unpaired) electrons. The molecule has 10 unspecified atom stereocenters. The van der Waals surface area contributed by atoms with Crippen LogP contribution in [0.15, 0.2) is 0 Å². The van der Waals surface area contributed by atoms with E-state index in [4.69, 9.17) is 46.6 Å². The largest absolute Gasteiger partial charge is 0.394 e. The van der Waals surface area contributed by atoms with Gasteiger partial charge in [0.2, 0.25) is 0 Å². The molecular weight excluding hydrogens is 482 g/mol. The van der Waals surface area contributed by atoms with Gasteiger partial charge in [0.15, 0.2) is 18.9 Å². The van der Waals surface area contributed by atoms with E-state index in [0.29, 0.717) is 0 Å². The van der Waals surface area contributed by atoms with Crippen LogP contribution < -0.4 is 28.3 Å². The summed E-state index contributed by atoms with van der Waals surface area (Å²) in [6.45, 7) is -0.337. The van der Waals surface area contributed by atoms with E-state index < -0.39 is 96.9 Å². The van der Waals surface area contributed by atoms with Crippen LogP contribution in [0.2, 0.25) is 0 Å². The Morgan fingerprint density at radius 3 is 2.31 bits per heavy atom. The van der Waals surface area contributed by atoms with Crippen molar-refractivity contribution in [3.8, 4) is 0 Å². The summed E-state index contributed by atoms with van der Waals surface area (Å²) in [6.07, 6.45) is -9.66. The molecule has 2 aliphatic carbocycles. The summed E-state index contributed by atoms with van der Waals surface area (Å²) in [7, 11) is 1.60. The van der Waals surface area contributed by atoms with Crippen LogP contribution in [0.4, 0.5) is 0 Å². The molecule has 36 heavy (non-hydrogen) atoms. The van der Waals surface area contributed by atoms with E-state index in [1.54, 1.807) is 7.05 Å². The van der Waals surface area contributed by atoms with Crippen LogP contribution >= 0.6 is 0 Å². The maximum atomic E-state index is 11.3. The molecule has 208 valence electrons. The van der Waals surface area contributed by atoms with Crippen LogP contribution in [0.3, 0.4) is 0 Å². The molecule has 3 saturated heterocycles. The Labute approximate surface area is 207 Å². The number of likely N-dealkylation sites (N-methyl/N-ethyl adjacent to an activating group) is 1. The van der Waals surface area contributed by atoms with Gasteiger partial charge in [-0.25, -0.2) is 0 Å². The molecule has 14 N–H and O–H groups in total. The van der Waals surface area contributed by atoms with Gasteiger partial charge in [0.1, 0.15) is 35.6 Å². The third-order valence-electron chi connectivity index (χ3n) is 8.59. The van der Waals surface area contributed by atoms with Crippen molar-refractivity contribution in [2.24, 2.45) is 22.9 Å². The van der Waals surface area contributed by atoms with Crippen LogP contribution in [0.1, 0.15) is 19.3 Å². The molecule has 5 fully saturated rings. The second-order valence-electron chi connectivity index (χ2n) is 10.7. The van der Waals surface area contributed by atoms with Gasteiger partial charge in [-0.15, -0.1) is 0 Å². The van der Waals surface area contributed by atoms with E-state index in [0.717, 1.165) is 0 Å². The van der Waals surface area contributed by atoms with Gasteiger partial charge in [-0.2, -0.15) is 0 Å². The summed E-state index contributed by atoms with van der Waals surface area (Å²) in [5.74, 6) is 0. The smallest absolute Gasteiger partial charge is 0.187 e. The first-order chi connectivity index (χ1) is 17.0. The van der Waals surface area contributed by atoms with Gasteiger partial charge in [0.05, 0.1) is 31.0 Å². The minimum Gasteiger partial charge on any atom is -0.394 e. The lowest BCUT2D eigenvalue weighted by Crippen LogP contribution is -2.98. The van der Waals surface area contributed by atoms with Crippen molar-refractivity contribution in [3.05, 3.63) is 0 Å². The lowest BCUT2D eigenvalue weighted by Gasteiger charge is -2.75. The number of hydrogen-bond donors (Lipinski definition) is 10. The minimum absolute atomic E-state index is 0.158. The van der Waals surface area contributed by atoms with Gasteiger partial charge in [0.25, 0.3) is 0 Å². The number of aliphatic hydroxyl groups excluding tert-OH is 5. The van der Waals surface area contributed by atoms with Gasteiger partial charge in [-0.3, -0.25) is 0 Å². The van der Waals surface area contributed by atoms with Crippen molar-refractivity contribution >= 4 is 0 Å². The SMILES string of the molecule is CNC1C(O[C@H]2OC(CO)[C@@H](N)CC2O)O[C@H]2CC3(N)[C@@H](O[C@@H]4C(N)C[C@@H](N)C(O)C4O)OC23C1O. The van der Waals surface area contributed by atoms with Gasteiger partial charge >= 0.3 is 0 Å². The fourth-order valence-corrected chi connectivity index (χ4v) is 6.34. The third kappa shape index (κ3) is 3.77. The fourth-order valence-electron chi connectivity index (χ4n) is 6.34. The zero-order valence-corrected chi connectivity index (χ0v) is 20.0. The maximum absolute atomic E-state index is 11.3. The summed E-state index contributed by atoms with van der Waals surface area (Å²) < 4.78 is 29.5. The maximum Gasteiger partial charge on any atom is 0.187 e. The summed E-state index contributed by atoms with van der Waals surface area (Å²) in [5.41, 5.74) is 22.0. The van der Waals surface area contributed by atoms with Crippen LogP contribution in [0.5, 0.6) is 0 Å². The van der Waals surface area contributed by atoms with Crippen molar-refractivity contribution in [1.29, 1.82) is 0 Å². The average Bonchev–Trinajstić information content (AvgIpc) is 2.82. The van der Waals surface area contributed by atoms with Crippen molar-refractivity contribution in [2.75, 3.05) is 13.7 Å². The predicted molar refractivity (Wildman–Crippen MR) is 120 cm³/mol. The zero-order valence-electron chi connectivity index (χ0n) is 20.0. The van der Waals surface area contributed by atoms with Gasteiger partial charge in [0, 0.05) is 24.5 Å². The number of hydrogen-bond acceptors (Lipinski definition) is 15. The fraction of sp³-hybridized carbons (Fsp3) is 1.00. The Bertz CT molecular complexity index is 817. The highest BCUT2D eigenvalue weighted by Gasteiger charge is 2.84. The van der Waals surface area contributed by atoms with Crippen molar-refractivity contribution < 1.29 is 49.2 Å². The minimum atomic E-state index is -1.32. The predicted octanol–water partition coefficient (Wildman–Crippen LogP) is -6.17. The van der Waals surface area contributed by atoms with Crippen LogP contribution in [0.25, 0.3) is 0 Å². The standard InChI is InChI=1S/C21H39N5O10/c1-26-12-16(31)21-11(33-18(12)35-17-9(28)3-6(22)10(5-27)32-17)4-20(21,25)19(36-21)34-15-8(24)2-7(23)13(29)14(15)30/h6-19,26-31H,2-5,22-25H2,1H3/t6-,7+,8?,9?,10?,11-,12?,13?,14?,15+,16?,17+,18?,19-,20?,21?/m0/s1. The lowest BCUT2D eigenvalue weighted by molar-refractivity contribution is -0.498. The molecule has 5 rings (SSSR count). The Morgan fingerprint density at radius 1 is 0.944 bits per heavy atom. The van der Waals surface area contributed by atoms with E-state index in [1.807, 2.05) is 0 Å². The molecule has 1 spiro atoms. The third-order valence-corrected chi connectivity index (χ3v) is 8.59. The number of aliphatic hydroxyl groups is 5. The summed E-state index contributed by atoms with van der Waals surface area (Å²) in [5, 5.41) is 54.7. The zero-order chi connectivity index (χ0) is 26.2.